The predicted octanol–water partition coefficient (Wildman–Crippen LogP) is -1.03. The minimum Gasteiger partial charge on any atom is -0.328 e. The Morgan fingerprint density at radius 2 is 2.29 bits per heavy atom. The third-order valence-corrected chi connectivity index (χ3v) is 1.86. The molecule has 6 nitrogen and oxygen atoms in total. The van der Waals surface area contributed by atoms with Crippen molar-refractivity contribution in [1.82, 2.24) is 18.7 Å². The maximum Gasteiger partial charge on any atom is 0.332 e. The van der Waals surface area contributed by atoms with Gasteiger partial charge >= 0.3 is 5.69 Å². The topological polar surface area (TPSA) is 61.8 Å². The SMILES string of the molecule is [2H]Cn1c(=O)c2c(ncn2C([2H])[2H])n(C([2H])([2H])[2H])c1=O. The third-order valence-electron chi connectivity index (χ3n) is 1.86. The zero-order chi connectivity index (χ0) is 15.2. The highest BCUT2D eigenvalue weighted by Gasteiger charge is 2.11. The first-order valence-electron chi connectivity index (χ1n) is 6.93. The Balaban J connectivity index is 3.09. The van der Waals surface area contributed by atoms with Crippen LogP contribution in [0.5, 0.6) is 0 Å². The van der Waals surface area contributed by atoms with Gasteiger partial charge in [-0.2, -0.15) is 0 Å². The molecule has 0 aromatic carbocycles. The van der Waals surface area contributed by atoms with E-state index in [-0.39, 0.29) is 5.52 Å². The van der Waals surface area contributed by atoms with Gasteiger partial charge in [-0.3, -0.25) is 13.9 Å². The van der Waals surface area contributed by atoms with Crippen molar-refractivity contribution in [3.8, 4) is 0 Å². The summed E-state index contributed by atoms with van der Waals surface area (Å²) in [6.07, 6.45) is 0.951. The molecule has 0 amide bonds. The van der Waals surface area contributed by atoms with Crippen LogP contribution >= 0.6 is 0 Å². The first kappa shape index (κ1) is 4.12. The molecule has 2 aromatic heterocycles. The number of aromatic nitrogens is 4. The van der Waals surface area contributed by atoms with E-state index < -0.39 is 37.9 Å². The van der Waals surface area contributed by atoms with Crippen LogP contribution in [0.1, 0.15) is 8.22 Å². The van der Waals surface area contributed by atoms with Crippen LogP contribution in [0.2, 0.25) is 0 Å². The van der Waals surface area contributed by atoms with Crippen molar-refractivity contribution in [1.29, 1.82) is 0 Å². The number of aryl methyl sites for hydroxylation is 2. The Morgan fingerprint density at radius 1 is 1.43 bits per heavy atom. The zero-order valence-corrected chi connectivity index (χ0v) is 6.97. The highest BCUT2D eigenvalue weighted by Crippen LogP contribution is 2.01. The summed E-state index contributed by atoms with van der Waals surface area (Å²) >= 11 is 0. The summed E-state index contributed by atoms with van der Waals surface area (Å²) in [6, 6.07) is 0. The van der Waals surface area contributed by atoms with Crippen LogP contribution in [-0.2, 0) is 21.0 Å². The summed E-state index contributed by atoms with van der Waals surface area (Å²) < 4.78 is 45.3. The predicted molar refractivity (Wildman–Crippen MR) is 51.2 cm³/mol. The number of nitrogens with zero attached hydrogens (tertiary/aromatic N) is 4. The van der Waals surface area contributed by atoms with Crippen LogP contribution < -0.4 is 11.2 Å². The van der Waals surface area contributed by atoms with Gasteiger partial charge in [-0.05, 0) is 0 Å². The highest BCUT2D eigenvalue weighted by molar-refractivity contribution is 5.69. The maximum absolute atomic E-state index is 12.1. The Kier molecular flexibility index (Phi) is 0.756. The monoisotopic (exact) mass is 200 g/mol. The minimum atomic E-state index is -2.89. The second-order valence-electron chi connectivity index (χ2n) is 2.68. The molecule has 2 heterocycles. The largest absolute Gasteiger partial charge is 0.332 e. The molecule has 0 N–H and O–H groups in total. The maximum atomic E-state index is 12.1. The zero-order valence-electron chi connectivity index (χ0n) is 13.0. The molecule has 0 saturated carbocycles. The molecule has 2 rings (SSSR count). The molecule has 0 aliphatic heterocycles. The molecular weight excluding hydrogens is 184 g/mol. The average Bonchev–Trinajstić information content (AvgIpc) is 2.72. The molecule has 0 radical (unpaired) electrons. The van der Waals surface area contributed by atoms with Crippen LogP contribution in [0.15, 0.2) is 15.9 Å². The molecule has 2 aromatic rings. The summed E-state index contributed by atoms with van der Waals surface area (Å²) in [5, 5.41) is 0. The fourth-order valence-corrected chi connectivity index (χ4v) is 1.15. The Hall–Kier alpha value is -1.85. The Labute approximate surface area is 87.5 Å². The van der Waals surface area contributed by atoms with E-state index in [0.29, 0.717) is 9.13 Å². The molecule has 0 aliphatic rings. The lowest BCUT2D eigenvalue weighted by Gasteiger charge is -2.02. The quantitative estimate of drug-likeness (QED) is 0.546. The normalized spacial score (nSPS) is 18.4. The number of hydrogen-bond donors (Lipinski definition) is 0. The van der Waals surface area contributed by atoms with E-state index in [1.54, 1.807) is 0 Å². The van der Waals surface area contributed by atoms with E-state index in [4.69, 9.17) is 8.22 Å². The van der Waals surface area contributed by atoms with Crippen molar-refractivity contribution >= 4 is 11.2 Å². The van der Waals surface area contributed by atoms with E-state index in [1.807, 2.05) is 0 Å². The van der Waals surface area contributed by atoms with Crippen molar-refractivity contribution < 1.29 is 8.22 Å². The van der Waals surface area contributed by atoms with Crippen molar-refractivity contribution in [3.63, 3.8) is 0 Å². The van der Waals surface area contributed by atoms with Gasteiger partial charge in [0.05, 0.1) is 6.33 Å². The molecule has 0 saturated heterocycles. The van der Waals surface area contributed by atoms with Crippen LogP contribution in [0.25, 0.3) is 11.2 Å². The van der Waals surface area contributed by atoms with Gasteiger partial charge in [0.15, 0.2) is 11.2 Å². The van der Waals surface area contributed by atoms with Crippen molar-refractivity contribution in [2.75, 3.05) is 0 Å². The summed E-state index contributed by atoms with van der Waals surface area (Å²) in [7, 11) is -0.768. The number of imidazole rings is 1. The number of fused-ring (bicyclic) bond motifs is 1. The van der Waals surface area contributed by atoms with Gasteiger partial charge in [-0.1, -0.05) is 0 Å². The molecule has 0 bridgehead atoms. The molecule has 0 fully saturated rings. The summed E-state index contributed by atoms with van der Waals surface area (Å²) in [5.74, 6) is 0. The Morgan fingerprint density at radius 3 is 2.93 bits per heavy atom. The van der Waals surface area contributed by atoms with Gasteiger partial charge in [-0.25, -0.2) is 9.78 Å². The van der Waals surface area contributed by atoms with Gasteiger partial charge in [0.2, 0.25) is 0 Å². The van der Waals surface area contributed by atoms with Gasteiger partial charge in [0.25, 0.3) is 5.56 Å². The van der Waals surface area contributed by atoms with Gasteiger partial charge in [0, 0.05) is 29.2 Å². The molecule has 0 spiro atoms. The van der Waals surface area contributed by atoms with E-state index >= 15 is 0 Å². The van der Waals surface area contributed by atoms with Crippen LogP contribution in [-0.4, -0.2) is 18.7 Å². The van der Waals surface area contributed by atoms with E-state index in [1.165, 1.54) is 0 Å². The number of rotatable bonds is 0. The van der Waals surface area contributed by atoms with E-state index in [2.05, 4.69) is 4.98 Å². The lowest BCUT2D eigenvalue weighted by molar-refractivity contribution is 0.705. The fraction of sp³-hybridized carbons (Fsp3) is 0.375. The molecule has 0 aliphatic carbocycles. The average molecular weight is 200 g/mol. The second-order valence-corrected chi connectivity index (χ2v) is 2.68. The van der Waals surface area contributed by atoms with Crippen molar-refractivity contribution in [2.45, 2.75) is 0 Å². The second kappa shape index (κ2) is 2.57. The summed E-state index contributed by atoms with van der Waals surface area (Å²) in [6.45, 7) is -4.52. The lowest BCUT2D eigenvalue weighted by atomic mass is 10.5. The van der Waals surface area contributed by atoms with Crippen LogP contribution in [0.4, 0.5) is 0 Å². The smallest absolute Gasteiger partial charge is 0.328 e. The lowest BCUT2D eigenvalue weighted by Crippen LogP contribution is -2.37. The summed E-state index contributed by atoms with van der Waals surface area (Å²) in [5.41, 5.74) is -2.89. The molecule has 0 unspecified atom stereocenters. The molecular formula is C8H10N4O2. The molecule has 0 atom stereocenters. The third kappa shape index (κ3) is 0.876. The minimum absolute atomic E-state index is 0.317. The molecule has 14 heavy (non-hydrogen) atoms. The van der Waals surface area contributed by atoms with Crippen molar-refractivity contribution in [2.24, 2.45) is 21.0 Å². The van der Waals surface area contributed by atoms with Crippen LogP contribution in [0, 0.1) is 0 Å². The van der Waals surface area contributed by atoms with Gasteiger partial charge in [-0.15, -0.1) is 0 Å². The molecule has 6 heteroatoms. The molecule has 74 valence electrons. The standard InChI is InChI=1S/C8H10N4O2/c1-10-4-9-6-5(10)7(13)12(3)8(14)11(6)2/h4H,1-3H3/i1D2,2D3,3D. The summed E-state index contributed by atoms with van der Waals surface area (Å²) in [4.78, 5) is 27.7. The van der Waals surface area contributed by atoms with E-state index in [0.717, 1.165) is 10.9 Å². The highest BCUT2D eigenvalue weighted by atomic mass is 16.2. The first-order chi connectivity index (χ1) is 9.20. The van der Waals surface area contributed by atoms with Gasteiger partial charge < -0.3 is 4.57 Å². The Bertz CT molecular complexity index is 770. The van der Waals surface area contributed by atoms with Crippen molar-refractivity contribution in [3.05, 3.63) is 27.2 Å². The van der Waals surface area contributed by atoms with E-state index in [9.17, 15) is 9.59 Å². The first-order valence-corrected chi connectivity index (χ1v) is 3.56. The van der Waals surface area contributed by atoms with Gasteiger partial charge in [0.1, 0.15) is 0 Å². The van der Waals surface area contributed by atoms with Crippen LogP contribution in [0.3, 0.4) is 0 Å². The number of hydrogen-bond acceptors (Lipinski definition) is 3. The fourth-order valence-electron chi connectivity index (χ4n) is 1.15.